The molecule has 25 heavy (non-hydrogen) atoms. The maximum atomic E-state index is 12.5. The van der Waals surface area contributed by atoms with Gasteiger partial charge in [0.2, 0.25) is 5.91 Å². The van der Waals surface area contributed by atoms with Crippen LogP contribution in [0.4, 0.5) is 0 Å². The average Bonchev–Trinajstić information content (AvgIpc) is 3.07. The average molecular weight is 341 g/mol. The summed E-state index contributed by atoms with van der Waals surface area (Å²) in [4.78, 5) is 28.4. The maximum absolute atomic E-state index is 12.5. The van der Waals surface area contributed by atoms with Crippen molar-refractivity contribution in [3.05, 3.63) is 63.8 Å². The minimum absolute atomic E-state index is 0.0304. The molecule has 0 radical (unpaired) electrons. The molecule has 0 saturated carbocycles. The zero-order valence-corrected chi connectivity index (χ0v) is 14.5. The predicted octanol–water partition coefficient (Wildman–Crippen LogP) is 0.442. The summed E-state index contributed by atoms with van der Waals surface area (Å²) in [5.74, 6) is -0.228. The molecule has 1 aliphatic rings. The van der Waals surface area contributed by atoms with Crippen molar-refractivity contribution in [3.8, 4) is 0 Å². The first-order chi connectivity index (χ1) is 12.1. The second kappa shape index (κ2) is 7.58. The molecule has 7 heteroatoms. The Morgan fingerprint density at radius 3 is 2.80 bits per heavy atom. The summed E-state index contributed by atoms with van der Waals surface area (Å²) >= 11 is 0. The number of aryl methyl sites for hydroxylation is 2. The van der Waals surface area contributed by atoms with Gasteiger partial charge in [0.25, 0.3) is 0 Å². The van der Waals surface area contributed by atoms with Crippen molar-refractivity contribution < 1.29 is 4.79 Å². The Hall–Kier alpha value is -2.51. The van der Waals surface area contributed by atoms with E-state index in [4.69, 9.17) is 0 Å². The van der Waals surface area contributed by atoms with Gasteiger partial charge in [-0.1, -0.05) is 30.3 Å². The highest BCUT2D eigenvalue weighted by Gasteiger charge is 2.33. The molecular weight excluding hydrogens is 318 g/mol. The molecule has 2 heterocycles. The van der Waals surface area contributed by atoms with Gasteiger partial charge in [-0.2, -0.15) is 4.98 Å². The van der Waals surface area contributed by atoms with Crippen LogP contribution in [-0.4, -0.2) is 28.5 Å². The molecule has 1 saturated heterocycles. The molecular formula is C18H23N5O2. The highest BCUT2D eigenvalue weighted by Crippen LogP contribution is 2.24. The molecule has 0 spiro atoms. The number of carbonyl (C=O) groups is 1. The van der Waals surface area contributed by atoms with Gasteiger partial charge >= 0.3 is 5.69 Å². The van der Waals surface area contributed by atoms with E-state index in [0.717, 1.165) is 11.3 Å². The highest BCUT2D eigenvalue weighted by atomic mass is 16.2. The van der Waals surface area contributed by atoms with Crippen LogP contribution >= 0.6 is 0 Å². The van der Waals surface area contributed by atoms with Gasteiger partial charge < -0.3 is 5.32 Å². The Morgan fingerprint density at radius 2 is 2.08 bits per heavy atom. The maximum Gasteiger partial charge on any atom is 0.348 e. The Balaban J connectivity index is 1.60. The fraction of sp³-hybridized carbons (Fsp3) is 0.389. The van der Waals surface area contributed by atoms with Crippen LogP contribution in [0.2, 0.25) is 0 Å². The highest BCUT2D eigenvalue weighted by molar-refractivity contribution is 5.80. The van der Waals surface area contributed by atoms with Crippen molar-refractivity contribution in [2.45, 2.75) is 26.4 Å². The van der Waals surface area contributed by atoms with Crippen LogP contribution < -0.4 is 21.9 Å². The lowest BCUT2D eigenvalue weighted by Gasteiger charge is -2.18. The molecule has 7 nitrogen and oxygen atoms in total. The summed E-state index contributed by atoms with van der Waals surface area (Å²) in [7, 11) is 0. The minimum atomic E-state index is -0.280. The van der Waals surface area contributed by atoms with Gasteiger partial charge in [-0.05, 0) is 25.5 Å². The van der Waals surface area contributed by atoms with E-state index in [-0.39, 0.29) is 23.6 Å². The molecule has 3 N–H and O–H groups in total. The van der Waals surface area contributed by atoms with Crippen molar-refractivity contribution in [1.29, 1.82) is 0 Å². The largest absolute Gasteiger partial charge is 0.354 e. The van der Waals surface area contributed by atoms with Crippen LogP contribution in [0.1, 0.15) is 23.0 Å². The van der Waals surface area contributed by atoms with E-state index in [0.29, 0.717) is 25.3 Å². The number of carbonyl (C=O) groups excluding carboxylic acids is 1. The third-order valence-electron chi connectivity index (χ3n) is 4.46. The van der Waals surface area contributed by atoms with Crippen molar-refractivity contribution in [2.24, 2.45) is 5.92 Å². The monoisotopic (exact) mass is 341 g/mol. The topological polar surface area (TPSA) is 88.0 Å². The zero-order valence-electron chi connectivity index (χ0n) is 14.5. The molecule has 2 atom stereocenters. The van der Waals surface area contributed by atoms with E-state index in [1.54, 1.807) is 11.5 Å². The molecule has 1 fully saturated rings. The van der Waals surface area contributed by atoms with Gasteiger partial charge in [-0.25, -0.2) is 10.2 Å². The van der Waals surface area contributed by atoms with Crippen LogP contribution in [0, 0.1) is 19.8 Å². The number of hydrogen-bond donors (Lipinski definition) is 3. The van der Waals surface area contributed by atoms with Crippen molar-refractivity contribution in [3.63, 3.8) is 0 Å². The van der Waals surface area contributed by atoms with Gasteiger partial charge in [0.15, 0.2) is 0 Å². The molecule has 1 aromatic heterocycles. The SMILES string of the molecule is Cc1cc(C)n(CCNC(=O)C2CNNC2c2ccccc2)c(=O)n1. The van der Waals surface area contributed by atoms with Crippen molar-refractivity contribution in [1.82, 2.24) is 25.7 Å². The van der Waals surface area contributed by atoms with E-state index in [1.165, 1.54) is 0 Å². The van der Waals surface area contributed by atoms with Crippen LogP contribution in [0.25, 0.3) is 0 Å². The number of rotatable bonds is 5. The Kier molecular flexibility index (Phi) is 5.25. The van der Waals surface area contributed by atoms with Gasteiger partial charge in [-0.3, -0.25) is 14.8 Å². The lowest BCUT2D eigenvalue weighted by Crippen LogP contribution is -2.38. The van der Waals surface area contributed by atoms with Gasteiger partial charge in [0, 0.05) is 31.0 Å². The normalized spacial score (nSPS) is 19.8. The van der Waals surface area contributed by atoms with Gasteiger partial charge in [-0.15, -0.1) is 0 Å². The smallest absolute Gasteiger partial charge is 0.348 e. The molecule has 1 aliphatic heterocycles. The lowest BCUT2D eigenvalue weighted by atomic mass is 9.94. The summed E-state index contributed by atoms with van der Waals surface area (Å²) in [6.07, 6.45) is 0. The second-order valence-electron chi connectivity index (χ2n) is 6.28. The molecule has 0 bridgehead atoms. The van der Waals surface area contributed by atoms with E-state index in [1.807, 2.05) is 43.3 Å². The Morgan fingerprint density at radius 1 is 1.32 bits per heavy atom. The minimum Gasteiger partial charge on any atom is -0.354 e. The second-order valence-corrected chi connectivity index (χ2v) is 6.28. The molecule has 3 rings (SSSR count). The van der Waals surface area contributed by atoms with Gasteiger partial charge in [0.05, 0.1) is 12.0 Å². The van der Waals surface area contributed by atoms with E-state index in [2.05, 4.69) is 21.2 Å². The number of hydrazine groups is 1. The fourth-order valence-corrected chi connectivity index (χ4v) is 3.19. The summed E-state index contributed by atoms with van der Waals surface area (Å²) in [5, 5.41) is 2.94. The molecule has 2 aromatic rings. The predicted molar refractivity (Wildman–Crippen MR) is 94.8 cm³/mol. The molecule has 132 valence electrons. The first kappa shape index (κ1) is 17.3. The van der Waals surface area contributed by atoms with Crippen LogP contribution in [0.15, 0.2) is 41.2 Å². The standard InChI is InChI=1S/C18H23N5O2/c1-12-10-13(2)23(18(25)21-12)9-8-19-17(24)15-11-20-22-16(15)14-6-4-3-5-7-14/h3-7,10,15-16,20,22H,8-9,11H2,1-2H3,(H,19,24). The van der Waals surface area contributed by atoms with Crippen molar-refractivity contribution >= 4 is 5.91 Å². The number of hydrogen-bond acceptors (Lipinski definition) is 5. The number of amides is 1. The van der Waals surface area contributed by atoms with Crippen LogP contribution in [-0.2, 0) is 11.3 Å². The number of nitrogens with one attached hydrogen (secondary N) is 3. The molecule has 2 unspecified atom stereocenters. The van der Waals surface area contributed by atoms with Gasteiger partial charge in [0.1, 0.15) is 0 Å². The van der Waals surface area contributed by atoms with E-state index in [9.17, 15) is 9.59 Å². The quantitative estimate of drug-likeness (QED) is 0.735. The van der Waals surface area contributed by atoms with Crippen molar-refractivity contribution in [2.75, 3.05) is 13.1 Å². The first-order valence-corrected chi connectivity index (χ1v) is 8.42. The van der Waals surface area contributed by atoms with Crippen LogP contribution in [0.3, 0.4) is 0 Å². The van der Waals surface area contributed by atoms with E-state index >= 15 is 0 Å². The first-order valence-electron chi connectivity index (χ1n) is 8.42. The third kappa shape index (κ3) is 3.94. The Labute approximate surface area is 146 Å². The zero-order chi connectivity index (χ0) is 17.8. The number of benzene rings is 1. The summed E-state index contributed by atoms with van der Waals surface area (Å²) in [6.45, 7) is 5.03. The lowest BCUT2D eigenvalue weighted by molar-refractivity contribution is -0.124. The summed E-state index contributed by atoms with van der Waals surface area (Å²) < 4.78 is 1.58. The fourth-order valence-electron chi connectivity index (χ4n) is 3.19. The Bertz CT molecular complexity index is 803. The number of nitrogens with zero attached hydrogens (tertiary/aromatic N) is 2. The molecule has 1 aromatic carbocycles. The summed E-state index contributed by atoms with van der Waals surface area (Å²) in [6, 6.07) is 11.7. The molecule has 0 aliphatic carbocycles. The summed E-state index contributed by atoms with van der Waals surface area (Å²) in [5.41, 5.74) is 8.56. The van der Waals surface area contributed by atoms with E-state index < -0.39 is 0 Å². The van der Waals surface area contributed by atoms with Crippen LogP contribution in [0.5, 0.6) is 0 Å². The molecule has 1 amide bonds. The third-order valence-corrected chi connectivity index (χ3v) is 4.46. The number of aromatic nitrogens is 2.